The van der Waals surface area contributed by atoms with Gasteiger partial charge in [-0.05, 0) is 42.9 Å². The van der Waals surface area contributed by atoms with E-state index < -0.39 is 0 Å². The minimum atomic E-state index is 0.620. The molecule has 2 atom stereocenters. The maximum absolute atomic E-state index is 2.70. The first-order valence-corrected chi connectivity index (χ1v) is 8.37. The molecule has 1 saturated heterocycles. The highest BCUT2D eigenvalue weighted by molar-refractivity contribution is 5.68. The van der Waals surface area contributed by atoms with E-state index in [0.717, 1.165) is 6.54 Å². The largest absolute Gasteiger partial charge is 0.289 e. The Balaban J connectivity index is 1.57. The van der Waals surface area contributed by atoms with Crippen LogP contribution in [0.25, 0.3) is 5.57 Å². The third kappa shape index (κ3) is 2.62. The number of hydrogen-bond donors (Lipinski definition) is 0. The van der Waals surface area contributed by atoms with Crippen molar-refractivity contribution in [3.63, 3.8) is 0 Å². The van der Waals surface area contributed by atoms with Crippen molar-refractivity contribution in [2.45, 2.75) is 44.8 Å². The lowest BCUT2D eigenvalue weighted by Crippen LogP contribution is -2.37. The zero-order valence-corrected chi connectivity index (χ0v) is 13.2. The summed E-state index contributed by atoms with van der Waals surface area (Å²) in [5.41, 5.74) is 5.78. The molecule has 1 nitrogen and oxygen atoms in total. The molecule has 0 saturated carbocycles. The van der Waals surface area contributed by atoms with Gasteiger partial charge in [-0.2, -0.15) is 0 Å². The summed E-state index contributed by atoms with van der Waals surface area (Å²) in [5, 5.41) is 0. The van der Waals surface area contributed by atoms with E-state index in [2.05, 4.69) is 72.5 Å². The number of hydrogen-bond acceptors (Lipinski definition) is 1. The van der Waals surface area contributed by atoms with E-state index >= 15 is 0 Å². The third-order valence-electron chi connectivity index (χ3n) is 5.14. The molecule has 1 fully saturated rings. The highest BCUT2D eigenvalue weighted by Gasteiger charge is 2.36. The Morgan fingerprint density at radius 1 is 1.00 bits per heavy atom. The summed E-state index contributed by atoms with van der Waals surface area (Å²) < 4.78 is 0. The summed E-state index contributed by atoms with van der Waals surface area (Å²) in [7, 11) is 0. The van der Waals surface area contributed by atoms with E-state index in [9.17, 15) is 0 Å². The van der Waals surface area contributed by atoms with E-state index in [0.29, 0.717) is 12.1 Å². The van der Waals surface area contributed by atoms with Gasteiger partial charge in [0.05, 0.1) is 0 Å². The van der Waals surface area contributed by atoms with Crippen molar-refractivity contribution < 1.29 is 0 Å². The first-order valence-electron chi connectivity index (χ1n) is 8.37. The van der Waals surface area contributed by atoms with Crippen molar-refractivity contribution >= 4 is 5.57 Å². The molecule has 2 unspecified atom stereocenters. The van der Waals surface area contributed by atoms with E-state index in [1.165, 1.54) is 36.0 Å². The molecule has 2 aliphatic heterocycles. The van der Waals surface area contributed by atoms with Crippen molar-refractivity contribution in [1.82, 2.24) is 4.90 Å². The lowest BCUT2D eigenvalue weighted by atomic mass is 9.93. The van der Waals surface area contributed by atoms with Crippen LogP contribution >= 0.6 is 0 Å². The molecule has 112 valence electrons. The summed E-state index contributed by atoms with van der Waals surface area (Å²) in [4.78, 5) is 2.70. The minimum Gasteiger partial charge on any atom is -0.289 e. The highest BCUT2D eigenvalue weighted by atomic mass is 15.2. The van der Waals surface area contributed by atoms with Crippen LogP contribution in [0, 0.1) is 6.92 Å². The van der Waals surface area contributed by atoms with Crippen LogP contribution in [0.1, 0.15) is 36.0 Å². The van der Waals surface area contributed by atoms with Gasteiger partial charge in [-0.25, -0.2) is 0 Å². The second-order valence-electron chi connectivity index (χ2n) is 6.72. The molecule has 22 heavy (non-hydrogen) atoms. The van der Waals surface area contributed by atoms with Crippen molar-refractivity contribution in [3.05, 3.63) is 77.4 Å². The van der Waals surface area contributed by atoms with Gasteiger partial charge in [-0.1, -0.05) is 66.2 Å². The number of rotatable bonds is 3. The smallest absolute Gasteiger partial charge is 0.0291 e. The lowest BCUT2D eigenvalue weighted by Gasteiger charge is -2.34. The first-order chi connectivity index (χ1) is 10.8. The third-order valence-corrected chi connectivity index (χ3v) is 5.14. The van der Waals surface area contributed by atoms with Gasteiger partial charge in [-0.15, -0.1) is 0 Å². The van der Waals surface area contributed by atoms with Gasteiger partial charge in [0.2, 0.25) is 0 Å². The molecule has 2 aromatic rings. The van der Waals surface area contributed by atoms with Crippen LogP contribution in [0.5, 0.6) is 0 Å². The molecule has 1 heteroatoms. The molecule has 2 aliphatic rings. The zero-order chi connectivity index (χ0) is 14.9. The maximum atomic E-state index is 2.70. The second kappa shape index (κ2) is 5.73. The van der Waals surface area contributed by atoms with Gasteiger partial charge < -0.3 is 0 Å². The standard InChI is InChI=1S/C21H23N/c1-16-6-5-9-18(12-16)19-13-20-10-11-21(14-19)22(20)15-17-7-3-2-4-8-17/h2-9,12-13,20-21H,10-11,14-15H2,1H3. The van der Waals surface area contributed by atoms with Crippen LogP contribution in [0.2, 0.25) is 0 Å². The van der Waals surface area contributed by atoms with Crippen LogP contribution < -0.4 is 0 Å². The Morgan fingerprint density at radius 3 is 2.64 bits per heavy atom. The molecule has 2 heterocycles. The Morgan fingerprint density at radius 2 is 1.86 bits per heavy atom. The molecule has 2 aromatic carbocycles. The quantitative estimate of drug-likeness (QED) is 0.783. The molecule has 4 rings (SSSR count). The van der Waals surface area contributed by atoms with Crippen molar-refractivity contribution in [2.75, 3.05) is 0 Å². The van der Waals surface area contributed by atoms with Crippen molar-refractivity contribution in [2.24, 2.45) is 0 Å². The summed E-state index contributed by atoms with van der Waals surface area (Å²) in [6.45, 7) is 3.27. The van der Waals surface area contributed by atoms with Crippen LogP contribution in [0.3, 0.4) is 0 Å². The molecule has 0 radical (unpaired) electrons. The van der Waals surface area contributed by atoms with Gasteiger partial charge in [-0.3, -0.25) is 4.90 Å². The Labute approximate surface area is 133 Å². The Bertz CT molecular complexity index is 686. The summed E-state index contributed by atoms with van der Waals surface area (Å²) >= 11 is 0. The van der Waals surface area contributed by atoms with Gasteiger partial charge in [0.15, 0.2) is 0 Å². The molecular weight excluding hydrogens is 266 g/mol. The molecule has 0 aromatic heterocycles. The fourth-order valence-electron chi connectivity index (χ4n) is 4.02. The molecule has 0 aliphatic carbocycles. The van der Waals surface area contributed by atoms with Gasteiger partial charge in [0, 0.05) is 18.6 Å². The number of benzene rings is 2. The maximum Gasteiger partial charge on any atom is 0.0291 e. The monoisotopic (exact) mass is 289 g/mol. The average molecular weight is 289 g/mol. The van der Waals surface area contributed by atoms with Crippen LogP contribution in [-0.2, 0) is 6.54 Å². The number of nitrogens with zero attached hydrogens (tertiary/aromatic N) is 1. The molecule has 0 spiro atoms. The molecule has 2 bridgehead atoms. The van der Waals surface area contributed by atoms with E-state index in [1.807, 2.05) is 0 Å². The highest BCUT2D eigenvalue weighted by Crippen LogP contribution is 2.39. The molecule has 0 N–H and O–H groups in total. The lowest BCUT2D eigenvalue weighted by molar-refractivity contribution is 0.203. The average Bonchev–Trinajstić information content (AvgIpc) is 2.78. The minimum absolute atomic E-state index is 0.620. The van der Waals surface area contributed by atoms with E-state index in [-0.39, 0.29) is 0 Å². The first kappa shape index (κ1) is 13.8. The number of aryl methyl sites for hydroxylation is 1. The normalized spacial score (nSPS) is 24.3. The summed E-state index contributed by atoms with van der Waals surface area (Å²) in [6, 6.07) is 21.2. The van der Waals surface area contributed by atoms with E-state index in [4.69, 9.17) is 0 Å². The molecule has 0 amide bonds. The Hall–Kier alpha value is -1.86. The predicted molar refractivity (Wildman–Crippen MR) is 92.6 cm³/mol. The van der Waals surface area contributed by atoms with Crippen LogP contribution in [0.4, 0.5) is 0 Å². The second-order valence-corrected chi connectivity index (χ2v) is 6.72. The van der Waals surface area contributed by atoms with E-state index in [1.54, 1.807) is 5.57 Å². The van der Waals surface area contributed by atoms with Crippen LogP contribution in [0.15, 0.2) is 60.7 Å². The number of fused-ring (bicyclic) bond motifs is 2. The molecular formula is C21H23N. The fourth-order valence-corrected chi connectivity index (χ4v) is 4.02. The van der Waals surface area contributed by atoms with Gasteiger partial charge in [0.1, 0.15) is 0 Å². The topological polar surface area (TPSA) is 3.24 Å². The zero-order valence-electron chi connectivity index (χ0n) is 13.2. The fraction of sp³-hybridized carbons (Fsp3) is 0.333. The predicted octanol–water partition coefficient (Wildman–Crippen LogP) is 4.82. The van der Waals surface area contributed by atoms with Gasteiger partial charge >= 0.3 is 0 Å². The summed E-state index contributed by atoms with van der Waals surface area (Å²) in [5.74, 6) is 0. The van der Waals surface area contributed by atoms with Gasteiger partial charge in [0.25, 0.3) is 0 Å². The van der Waals surface area contributed by atoms with Crippen molar-refractivity contribution in [3.8, 4) is 0 Å². The summed E-state index contributed by atoms with van der Waals surface area (Å²) in [6.07, 6.45) is 6.38. The Kier molecular flexibility index (Phi) is 3.59. The SMILES string of the molecule is Cc1cccc(C2=CC3CCC(C2)N3Cc2ccccc2)c1. The van der Waals surface area contributed by atoms with Crippen molar-refractivity contribution in [1.29, 1.82) is 0 Å². The van der Waals surface area contributed by atoms with Crippen LogP contribution in [-0.4, -0.2) is 17.0 Å².